The number of aromatic nitrogens is 1. The molecule has 2 heterocycles. The summed E-state index contributed by atoms with van der Waals surface area (Å²) in [6.45, 7) is 6.59. The van der Waals surface area contributed by atoms with Gasteiger partial charge in [-0.3, -0.25) is 9.62 Å². The average molecular weight is 533 g/mol. The van der Waals surface area contributed by atoms with E-state index in [0.29, 0.717) is 16.7 Å². The van der Waals surface area contributed by atoms with Gasteiger partial charge in [0.05, 0.1) is 16.0 Å². The number of aromatic carboxylic acids is 1. The highest BCUT2D eigenvalue weighted by Gasteiger charge is 2.21. The molecule has 0 aliphatic carbocycles. The summed E-state index contributed by atoms with van der Waals surface area (Å²) < 4.78 is 28.8. The van der Waals surface area contributed by atoms with Gasteiger partial charge in [0.2, 0.25) is 0 Å². The number of piperazine rings is 1. The van der Waals surface area contributed by atoms with E-state index in [2.05, 4.69) is 42.4 Å². The number of fused-ring (bicyclic) bond motifs is 1. The van der Waals surface area contributed by atoms with Crippen LogP contribution < -0.4 is 9.62 Å². The lowest BCUT2D eigenvalue weighted by Gasteiger charge is -2.35. The lowest BCUT2D eigenvalue weighted by atomic mass is 10.1. The molecule has 1 fully saturated rings. The molecule has 0 saturated carbocycles. The zero-order valence-corrected chi connectivity index (χ0v) is 20.6. The Morgan fingerprint density at radius 1 is 1.09 bits per heavy atom. The van der Waals surface area contributed by atoms with Crippen LogP contribution in [0.15, 0.2) is 57.9 Å². The summed E-state index contributed by atoms with van der Waals surface area (Å²) in [5, 5.41) is 10.2. The van der Waals surface area contributed by atoms with Gasteiger partial charge in [0.1, 0.15) is 5.82 Å². The van der Waals surface area contributed by atoms with Crippen molar-refractivity contribution in [3.8, 4) is 0 Å². The number of carboxylic acids is 1. The number of nitrogens with one attached hydrogen (secondary N) is 1. The van der Waals surface area contributed by atoms with Crippen LogP contribution in [0.4, 0.5) is 11.5 Å². The van der Waals surface area contributed by atoms with Gasteiger partial charge in [0.15, 0.2) is 0 Å². The highest BCUT2D eigenvalue weighted by Crippen LogP contribution is 2.28. The quantitative estimate of drug-likeness (QED) is 0.473. The van der Waals surface area contributed by atoms with Crippen LogP contribution in [-0.4, -0.2) is 62.1 Å². The number of anilines is 2. The molecule has 2 N–H and O–H groups in total. The summed E-state index contributed by atoms with van der Waals surface area (Å²) in [6.07, 6.45) is 1.10. The molecule has 0 bridgehead atoms. The number of carbonyl (C=O) groups is 1. The third-order valence-electron chi connectivity index (χ3n) is 5.64. The van der Waals surface area contributed by atoms with Crippen molar-refractivity contribution in [2.75, 3.05) is 42.3 Å². The smallest absolute Gasteiger partial charge is 0.336 e. The zero-order chi connectivity index (χ0) is 23.6. The summed E-state index contributed by atoms with van der Waals surface area (Å²) in [4.78, 5) is 21.3. The Morgan fingerprint density at radius 3 is 2.42 bits per heavy atom. The number of hydrogen-bond donors (Lipinski definition) is 2. The van der Waals surface area contributed by atoms with Gasteiger partial charge in [0.25, 0.3) is 10.0 Å². The fourth-order valence-corrected chi connectivity index (χ4v) is 5.27. The standard InChI is InChI=1S/C23H25BrN4O4S/c1-2-9-27-10-12-28(13-11-27)22-15-20(23(29)30)19-14-17(5-8-21(19)25-22)26-33(31,32)18-6-3-16(24)4-7-18/h3-8,14-15,26H,2,9-13H2,1H3,(H,29,30). The number of nitrogens with zero attached hydrogens (tertiary/aromatic N) is 3. The van der Waals surface area contributed by atoms with Crippen molar-refractivity contribution in [1.82, 2.24) is 9.88 Å². The molecule has 33 heavy (non-hydrogen) atoms. The van der Waals surface area contributed by atoms with Gasteiger partial charge >= 0.3 is 5.97 Å². The Balaban J connectivity index is 1.64. The Hall–Kier alpha value is -2.69. The minimum Gasteiger partial charge on any atom is -0.478 e. The fourth-order valence-electron chi connectivity index (χ4n) is 3.96. The van der Waals surface area contributed by atoms with Crippen LogP contribution in [0.25, 0.3) is 10.9 Å². The van der Waals surface area contributed by atoms with Crippen LogP contribution in [-0.2, 0) is 10.0 Å². The molecule has 10 heteroatoms. The monoisotopic (exact) mass is 532 g/mol. The summed E-state index contributed by atoms with van der Waals surface area (Å²) >= 11 is 3.29. The van der Waals surface area contributed by atoms with Gasteiger partial charge in [-0.05, 0) is 61.5 Å². The molecule has 0 unspecified atom stereocenters. The second kappa shape index (κ2) is 9.66. The van der Waals surface area contributed by atoms with Crippen LogP contribution in [0.5, 0.6) is 0 Å². The first-order valence-corrected chi connectivity index (χ1v) is 13.0. The summed E-state index contributed by atoms with van der Waals surface area (Å²) in [5.74, 6) is -0.458. The second-order valence-corrected chi connectivity index (χ2v) is 10.6. The molecule has 8 nitrogen and oxygen atoms in total. The van der Waals surface area contributed by atoms with Crippen LogP contribution in [0.3, 0.4) is 0 Å². The largest absolute Gasteiger partial charge is 0.478 e. The molecule has 2 aromatic carbocycles. The highest BCUT2D eigenvalue weighted by atomic mass is 79.9. The molecule has 4 rings (SSSR count). The van der Waals surface area contributed by atoms with Gasteiger partial charge in [-0.25, -0.2) is 18.2 Å². The summed E-state index contributed by atoms with van der Waals surface area (Å²) in [5.41, 5.74) is 0.874. The molecular weight excluding hydrogens is 508 g/mol. The number of rotatable bonds is 7. The SMILES string of the molecule is CCCN1CCN(c2cc(C(=O)O)c3cc(NS(=O)(=O)c4ccc(Br)cc4)ccc3n2)CC1. The first kappa shape index (κ1) is 23.5. The predicted molar refractivity (Wildman–Crippen MR) is 133 cm³/mol. The number of carboxylic acid groups (broad SMARTS) is 1. The van der Waals surface area contributed by atoms with E-state index in [1.54, 1.807) is 30.3 Å². The minimum absolute atomic E-state index is 0.0932. The van der Waals surface area contributed by atoms with Crippen molar-refractivity contribution < 1.29 is 18.3 Å². The molecule has 1 saturated heterocycles. The number of benzene rings is 2. The Labute approximate surface area is 201 Å². The topological polar surface area (TPSA) is 103 Å². The lowest BCUT2D eigenvalue weighted by Crippen LogP contribution is -2.46. The molecule has 3 aromatic rings. The van der Waals surface area contributed by atoms with Crippen molar-refractivity contribution in [2.45, 2.75) is 18.2 Å². The van der Waals surface area contributed by atoms with Crippen molar-refractivity contribution >= 4 is 54.3 Å². The number of halogens is 1. The average Bonchev–Trinajstić information content (AvgIpc) is 2.79. The van der Waals surface area contributed by atoms with Gasteiger partial charge in [-0.2, -0.15) is 0 Å². The maximum atomic E-state index is 12.7. The first-order chi connectivity index (χ1) is 15.8. The van der Waals surface area contributed by atoms with E-state index in [0.717, 1.165) is 43.6 Å². The first-order valence-electron chi connectivity index (χ1n) is 10.7. The Kier molecular flexibility index (Phi) is 6.87. The van der Waals surface area contributed by atoms with Gasteiger partial charge in [0, 0.05) is 41.7 Å². The maximum Gasteiger partial charge on any atom is 0.336 e. The normalized spacial score (nSPS) is 15.0. The van der Waals surface area contributed by atoms with Gasteiger partial charge < -0.3 is 10.0 Å². The minimum atomic E-state index is -3.82. The van der Waals surface area contributed by atoms with Crippen LogP contribution in [0, 0.1) is 0 Å². The number of sulfonamides is 1. The molecule has 1 aromatic heterocycles. The van der Waals surface area contributed by atoms with Crippen molar-refractivity contribution in [2.24, 2.45) is 0 Å². The van der Waals surface area contributed by atoms with E-state index < -0.39 is 16.0 Å². The fraction of sp³-hybridized carbons (Fsp3) is 0.304. The van der Waals surface area contributed by atoms with E-state index >= 15 is 0 Å². The van der Waals surface area contributed by atoms with Gasteiger partial charge in [-0.1, -0.05) is 22.9 Å². The molecule has 174 valence electrons. The summed E-state index contributed by atoms with van der Waals surface area (Å²) in [6, 6.07) is 12.6. The van der Waals surface area contributed by atoms with Crippen molar-refractivity contribution in [3.05, 3.63) is 58.6 Å². The summed E-state index contributed by atoms with van der Waals surface area (Å²) in [7, 11) is -3.82. The van der Waals surface area contributed by atoms with E-state index in [1.807, 2.05) is 0 Å². The molecule has 0 atom stereocenters. The predicted octanol–water partition coefficient (Wildman–Crippen LogP) is 4.03. The maximum absolute atomic E-state index is 12.7. The van der Waals surface area contributed by atoms with Crippen LogP contribution >= 0.6 is 15.9 Å². The molecular formula is C23H25BrN4O4S. The van der Waals surface area contributed by atoms with E-state index in [9.17, 15) is 18.3 Å². The number of hydrogen-bond acceptors (Lipinski definition) is 6. The molecule has 0 spiro atoms. The van der Waals surface area contributed by atoms with E-state index in [-0.39, 0.29) is 16.1 Å². The Morgan fingerprint density at radius 2 is 1.79 bits per heavy atom. The van der Waals surface area contributed by atoms with Crippen molar-refractivity contribution in [3.63, 3.8) is 0 Å². The second-order valence-electron chi connectivity index (χ2n) is 7.95. The van der Waals surface area contributed by atoms with E-state index in [4.69, 9.17) is 0 Å². The Bertz CT molecular complexity index is 1270. The third kappa shape index (κ3) is 5.29. The van der Waals surface area contributed by atoms with Crippen LogP contribution in [0.1, 0.15) is 23.7 Å². The third-order valence-corrected chi connectivity index (χ3v) is 7.56. The van der Waals surface area contributed by atoms with Gasteiger partial charge in [-0.15, -0.1) is 0 Å². The zero-order valence-electron chi connectivity index (χ0n) is 18.2. The molecule has 1 aliphatic heterocycles. The van der Waals surface area contributed by atoms with Crippen molar-refractivity contribution in [1.29, 1.82) is 0 Å². The van der Waals surface area contributed by atoms with Crippen LogP contribution in [0.2, 0.25) is 0 Å². The molecule has 1 aliphatic rings. The van der Waals surface area contributed by atoms with E-state index in [1.165, 1.54) is 18.2 Å². The number of pyridine rings is 1. The molecule has 0 amide bonds. The lowest BCUT2D eigenvalue weighted by molar-refractivity contribution is 0.0699. The highest BCUT2D eigenvalue weighted by molar-refractivity contribution is 9.10. The molecule has 0 radical (unpaired) electrons.